The number of methoxy groups -OCH3 is 1. The van der Waals surface area contributed by atoms with E-state index in [9.17, 15) is 4.79 Å². The molecule has 0 aliphatic carbocycles. The van der Waals surface area contributed by atoms with Crippen LogP contribution in [-0.4, -0.2) is 57.2 Å². The number of amides is 1. The molecule has 0 bridgehead atoms. The second kappa shape index (κ2) is 9.65. The van der Waals surface area contributed by atoms with E-state index in [0.717, 1.165) is 13.1 Å². The van der Waals surface area contributed by atoms with Gasteiger partial charge in [-0.1, -0.05) is 29.8 Å². The van der Waals surface area contributed by atoms with Gasteiger partial charge >= 0.3 is 0 Å². The maximum atomic E-state index is 12.0. The average Bonchev–Trinajstić information content (AvgIpc) is 3.08. The lowest BCUT2D eigenvalue weighted by atomic mass is 10.0. The molecule has 1 aliphatic heterocycles. The summed E-state index contributed by atoms with van der Waals surface area (Å²) in [6.07, 6.45) is 2.49. The minimum Gasteiger partial charge on any atom is -0.383 e. The number of nitrogens with zero attached hydrogens (tertiary/aromatic N) is 1. The molecule has 5 heteroatoms. The second-order valence-corrected chi connectivity index (χ2v) is 6.14. The van der Waals surface area contributed by atoms with Gasteiger partial charge < -0.3 is 15.4 Å². The molecule has 1 amide bonds. The Morgan fingerprint density at radius 2 is 1.96 bits per heavy atom. The Bertz CT molecular complexity index is 470. The van der Waals surface area contributed by atoms with Crippen molar-refractivity contribution in [1.82, 2.24) is 15.5 Å². The van der Waals surface area contributed by atoms with Gasteiger partial charge in [0.05, 0.1) is 19.2 Å². The molecule has 2 rings (SSSR count). The van der Waals surface area contributed by atoms with Crippen molar-refractivity contribution >= 4 is 5.91 Å². The van der Waals surface area contributed by atoms with Crippen LogP contribution in [0.3, 0.4) is 0 Å². The maximum absolute atomic E-state index is 12.0. The third-order valence-corrected chi connectivity index (χ3v) is 4.30. The highest BCUT2D eigenvalue weighted by molar-refractivity contribution is 5.78. The van der Waals surface area contributed by atoms with Crippen LogP contribution >= 0.6 is 0 Å². The summed E-state index contributed by atoms with van der Waals surface area (Å²) in [5.41, 5.74) is 2.55. The van der Waals surface area contributed by atoms with Gasteiger partial charge in [0.15, 0.2) is 0 Å². The first-order chi connectivity index (χ1) is 11.2. The number of nitrogens with one attached hydrogen (secondary N) is 2. The zero-order valence-corrected chi connectivity index (χ0v) is 14.3. The SMILES string of the molecule is COCCNCC(=O)NCC(c1ccc(C)cc1)N1CCCC1. The van der Waals surface area contributed by atoms with Gasteiger partial charge in [0, 0.05) is 20.2 Å². The highest BCUT2D eigenvalue weighted by atomic mass is 16.5. The molecule has 128 valence electrons. The molecule has 0 radical (unpaired) electrons. The van der Waals surface area contributed by atoms with Crippen molar-refractivity contribution in [2.45, 2.75) is 25.8 Å². The summed E-state index contributed by atoms with van der Waals surface area (Å²) in [4.78, 5) is 14.5. The molecule has 0 spiro atoms. The third-order valence-electron chi connectivity index (χ3n) is 4.30. The lowest BCUT2D eigenvalue weighted by Crippen LogP contribution is -2.40. The second-order valence-electron chi connectivity index (χ2n) is 6.14. The summed E-state index contributed by atoms with van der Waals surface area (Å²) in [6.45, 7) is 6.63. The number of hydrogen-bond acceptors (Lipinski definition) is 4. The van der Waals surface area contributed by atoms with Gasteiger partial charge in [0.2, 0.25) is 5.91 Å². The molecule has 1 fully saturated rings. The summed E-state index contributed by atoms with van der Waals surface area (Å²) < 4.78 is 4.96. The van der Waals surface area contributed by atoms with Crippen LogP contribution in [0.4, 0.5) is 0 Å². The lowest BCUT2D eigenvalue weighted by molar-refractivity contribution is -0.120. The molecule has 0 saturated carbocycles. The number of benzene rings is 1. The smallest absolute Gasteiger partial charge is 0.234 e. The molecule has 2 N–H and O–H groups in total. The van der Waals surface area contributed by atoms with E-state index < -0.39 is 0 Å². The molecular formula is C18H29N3O2. The zero-order chi connectivity index (χ0) is 16.5. The first kappa shape index (κ1) is 17.9. The Labute approximate surface area is 139 Å². The van der Waals surface area contributed by atoms with Crippen LogP contribution in [0.25, 0.3) is 0 Å². The van der Waals surface area contributed by atoms with Gasteiger partial charge in [-0.25, -0.2) is 0 Å². The first-order valence-corrected chi connectivity index (χ1v) is 8.47. The minimum atomic E-state index is 0.0393. The summed E-state index contributed by atoms with van der Waals surface area (Å²) in [6, 6.07) is 8.92. The maximum Gasteiger partial charge on any atom is 0.234 e. The van der Waals surface area contributed by atoms with E-state index in [1.54, 1.807) is 7.11 Å². The molecule has 1 unspecified atom stereocenters. The van der Waals surface area contributed by atoms with E-state index in [1.165, 1.54) is 24.0 Å². The topological polar surface area (TPSA) is 53.6 Å². The number of rotatable bonds is 9. The summed E-state index contributed by atoms with van der Waals surface area (Å²) in [5.74, 6) is 0.0393. The normalized spacial score (nSPS) is 16.4. The molecule has 0 aromatic heterocycles. The van der Waals surface area contributed by atoms with Gasteiger partial charge in [0.25, 0.3) is 0 Å². The molecule has 1 aliphatic rings. The molecule has 23 heavy (non-hydrogen) atoms. The molecule has 1 aromatic rings. The van der Waals surface area contributed by atoms with Crippen LogP contribution in [0.15, 0.2) is 24.3 Å². The highest BCUT2D eigenvalue weighted by Crippen LogP contribution is 2.24. The molecule has 5 nitrogen and oxygen atoms in total. The number of ether oxygens (including phenoxy) is 1. The number of hydrogen-bond donors (Lipinski definition) is 2. The summed E-state index contributed by atoms with van der Waals surface area (Å²) in [7, 11) is 1.66. The largest absolute Gasteiger partial charge is 0.383 e. The number of aryl methyl sites for hydroxylation is 1. The van der Waals surface area contributed by atoms with Crippen molar-refractivity contribution in [3.8, 4) is 0 Å². The van der Waals surface area contributed by atoms with Gasteiger partial charge in [0.1, 0.15) is 0 Å². The van der Waals surface area contributed by atoms with Crippen LogP contribution in [0.2, 0.25) is 0 Å². The zero-order valence-electron chi connectivity index (χ0n) is 14.3. The highest BCUT2D eigenvalue weighted by Gasteiger charge is 2.23. The van der Waals surface area contributed by atoms with E-state index in [2.05, 4.69) is 46.7 Å². The van der Waals surface area contributed by atoms with Crippen LogP contribution in [0, 0.1) is 6.92 Å². The quantitative estimate of drug-likeness (QED) is 0.677. The van der Waals surface area contributed by atoms with Crippen LogP contribution in [0.5, 0.6) is 0 Å². The fraction of sp³-hybridized carbons (Fsp3) is 0.611. The van der Waals surface area contributed by atoms with Crippen molar-refractivity contribution in [2.75, 3.05) is 46.4 Å². The standard InChI is InChI=1S/C18H29N3O2/c1-15-5-7-16(8-6-15)17(21-10-3-4-11-21)13-20-18(22)14-19-9-12-23-2/h5-8,17,19H,3-4,9-14H2,1-2H3,(H,20,22). The Balaban J connectivity index is 1.87. The fourth-order valence-electron chi connectivity index (χ4n) is 2.95. The van der Waals surface area contributed by atoms with Crippen LogP contribution in [0.1, 0.15) is 30.0 Å². The van der Waals surface area contributed by atoms with Gasteiger partial charge in [-0.15, -0.1) is 0 Å². The third kappa shape index (κ3) is 5.94. The Kier molecular flexibility index (Phi) is 7.52. The number of carbonyl (C=O) groups is 1. The number of carbonyl (C=O) groups excluding carboxylic acids is 1. The van der Waals surface area contributed by atoms with Gasteiger partial charge in [-0.05, 0) is 38.4 Å². The Morgan fingerprint density at radius 3 is 2.61 bits per heavy atom. The van der Waals surface area contributed by atoms with Crippen LogP contribution < -0.4 is 10.6 Å². The van der Waals surface area contributed by atoms with E-state index in [1.807, 2.05) is 0 Å². The fourth-order valence-corrected chi connectivity index (χ4v) is 2.95. The summed E-state index contributed by atoms with van der Waals surface area (Å²) >= 11 is 0. The molecular weight excluding hydrogens is 290 g/mol. The van der Waals surface area contributed by atoms with Crippen molar-refractivity contribution in [2.24, 2.45) is 0 Å². The first-order valence-electron chi connectivity index (χ1n) is 8.47. The van der Waals surface area contributed by atoms with E-state index >= 15 is 0 Å². The van der Waals surface area contributed by atoms with E-state index in [0.29, 0.717) is 26.2 Å². The van der Waals surface area contributed by atoms with E-state index in [4.69, 9.17) is 4.74 Å². The monoisotopic (exact) mass is 319 g/mol. The predicted octanol–water partition coefficient (Wildman–Crippen LogP) is 1.48. The lowest BCUT2D eigenvalue weighted by Gasteiger charge is -2.28. The predicted molar refractivity (Wildman–Crippen MR) is 92.5 cm³/mol. The van der Waals surface area contributed by atoms with Gasteiger partial charge in [-0.3, -0.25) is 9.69 Å². The average molecular weight is 319 g/mol. The molecule has 1 aromatic carbocycles. The van der Waals surface area contributed by atoms with Crippen LogP contribution in [-0.2, 0) is 9.53 Å². The molecule has 1 saturated heterocycles. The minimum absolute atomic E-state index is 0.0393. The van der Waals surface area contributed by atoms with Crippen molar-refractivity contribution < 1.29 is 9.53 Å². The molecule has 1 heterocycles. The Morgan fingerprint density at radius 1 is 1.26 bits per heavy atom. The Hall–Kier alpha value is -1.43. The van der Waals surface area contributed by atoms with Crippen molar-refractivity contribution in [3.05, 3.63) is 35.4 Å². The molecule has 1 atom stereocenters. The van der Waals surface area contributed by atoms with E-state index in [-0.39, 0.29) is 11.9 Å². The number of likely N-dealkylation sites (tertiary alicyclic amines) is 1. The van der Waals surface area contributed by atoms with Crippen molar-refractivity contribution in [1.29, 1.82) is 0 Å². The summed E-state index contributed by atoms with van der Waals surface area (Å²) in [5, 5.41) is 6.14. The van der Waals surface area contributed by atoms with Gasteiger partial charge in [-0.2, -0.15) is 0 Å². The van der Waals surface area contributed by atoms with Crippen molar-refractivity contribution in [3.63, 3.8) is 0 Å².